The third-order valence-corrected chi connectivity index (χ3v) is 3.84. The van der Waals surface area contributed by atoms with Gasteiger partial charge in [0.1, 0.15) is 0 Å². The highest BCUT2D eigenvalue weighted by molar-refractivity contribution is 7.89. The first-order valence-corrected chi connectivity index (χ1v) is 6.94. The molecule has 0 aliphatic rings. The summed E-state index contributed by atoms with van der Waals surface area (Å²) < 4.78 is 58.1. The molecule has 1 atom stereocenters. The molecule has 0 saturated heterocycles. The maximum atomic E-state index is 11.8. The topological polar surface area (TPSA) is 72.5 Å². The lowest BCUT2D eigenvalue weighted by molar-refractivity contribution is -0.203. The van der Waals surface area contributed by atoms with E-state index in [0.29, 0.717) is 6.42 Å². The fraction of sp³-hybridized carbons (Fsp3) is 0.889. The van der Waals surface area contributed by atoms with Crippen LogP contribution in [0.3, 0.4) is 0 Å². The molecule has 0 rings (SSSR count). The molecule has 0 radical (unpaired) electrons. The normalized spacial score (nSPS) is 14.3. The van der Waals surface area contributed by atoms with Crippen molar-refractivity contribution in [3.05, 3.63) is 0 Å². The van der Waals surface area contributed by atoms with Crippen LogP contribution in [0, 0.1) is 0 Å². The fourth-order valence-corrected chi connectivity index (χ4v) is 1.91. The summed E-state index contributed by atoms with van der Waals surface area (Å²) in [5.74, 6) is -2.59. The standard InChI is InChI=1S/C9H16F3NO4S/c1-3-4-5-6-7(2)18(15,16)13-17-8(14)9(10,11)12/h7,13H,3-6H2,1-2H3. The number of rotatable bonds is 7. The number of nitrogens with one attached hydrogen (secondary N) is 1. The zero-order chi connectivity index (χ0) is 14.4. The molecule has 5 nitrogen and oxygen atoms in total. The maximum Gasteiger partial charge on any atom is 0.492 e. The Bertz CT molecular complexity index is 366. The van der Waals surface area contributed by atoms with Crippen LogP contribution in [0.4, 0.5) is 13.2 Å². The lowest BCUT2D eigenvalue weighted by Crippen LogP contribution is -2.38. The second-order valence-corrected chi connectivity index (χ2v) is 5.88. The Balaban J connectivity index is 4.27. The molecule has 0 bridgehead atoms. The van der Waals surface area contributed by atoms with E-state index in [1.807, 2.05) is 6.92 Å². The smallest absolute Gasteiger partial charge is 0.348 e. The van der Waals surface area contributed by atoms with Crippen molar-refractivity contribution >= 4 is 16.0 Å². The Morgan fingerprint density at radius 1 is 1.33 bits per heavy atom. The number of unbranched alkanes of at least 4 members (excludes halogenated alkanes) is 2. The van der Waals surface area contributed by atoms with Gasteiger partial charge in [-0.25, -0.2) is 13.2 Å². The SMILES string of the molecule is CCCCCC(C)S(=O)(=O)NOC(=O)C(F)(F)F. The van der Waals surface area contributed by atoms with Gasteiger partial charge in [0.15, 0.2) is 0 Å². The summed E-state index contributed by atoms with van der Waals surface area (Å²) in [6.45, 7) is 3.27. The molecule has 1 unspecified atom stereocenters. The first-order valence-electron chi connectivity index (χ1n) is 5.40. The Morgan fingerprint density at radius 2 is 1.89 bits per heavy atom. The minimum atomic E-state index is -5.23. The zero-order valence-corrected chi connectivity index (χ0v) is 10.9. The van der Waals surface area contributed by atoms with Gasteiger partial charge >= 0.3 is 12.1 Å². The summed E-state index contributed by atoms with van der Waals surface area (Å²) >= 11 is 0. The minimum absolute atomic E-state index is 0.284. The molecule has 0 spiro atoms. The van der Waals surface area contributed by atoms with E-state index in [-0.39, 0.29) is 6.42 Å². The predicted octanol–water partition coefficient (Wildman–Crippen LogP) is 1.90. The van der Waals surface area contributed by atoms with Gasteiger partial charge in [0.25, 0.3) is 0 Å². The minimum Gasteiger partial charge on any atom is -0.348 e. The average Bonchev–Trinajstić information content (AvgIpc) is 2.24. The van der Waals surface area contributed by atoms with Crippen LogP contribution in [0.25, 0.3) is 0 Å². The van der Waals surface area contributed by atoms with Gasteiger partial charge in [-0.2, -0.15) is 13.2 Å². The average molecular weight is 291 g/mol. The van der Waals surface area contributed by atoms with Crippen LogP contribution in [0.15, 0.2) is 0 Å². The van der Waals surface area contributed by atoms with Crippen LogP contribution in [0.1, 0.15) is 39.5 Å². The predicted molar refractivity (Wildman–Crippen MR) is 57.8 cm³/mol. The fourth-order valence-electron chi connectivity index (χ4n) is 1.07. The van der Waals surface area contributed by atoms with Gasteiger partial charge in [0, 0.05) is 0 Å². The van der Waals surface area contributed by atoms with E-state index in [1.165, 1.54) is 11.8 Å². The van der Waals surface area contributed by atoms with Crippen molar-refractivity contribution in [2.45, 2.75) is 51.0 Å². The lowest BCUT2D eigenvalue weighted by atomic mass is 10.2. The highest BCUT2D eigenvalue weighted by atomic mass is 32.2. The van der Waals surface area contributed by atoms with Gasteiger partial charge in [-0.05, 0) is 18.2 Å². The summed E-state index contributed by atoms with van der Waals surface area (Å²) in [4.78, 5) is 15.0. The Morgan fingerprint density at radius 3 is 2.33 bits per heavy atom. The molecule has 1 N–H and O–H groups in total. The summed E-state index contributed by atoms with van der Waals surface area (Å²) in [6, 6.07) is 0. The molecule has 0 aliphatic heterocycles. The van der Waals surface area contributed by atoms with Crippen LogP contribution in [-0.2, 0) is 19.7 Å². The molecular weight excluding hydrogens is 275 g/mol. The molecular formula is C9H16F3NO4S. The molecule has 108 valence electrons. The van der Waals surface area contributed by atoms with E-state index < -0.39 is 27.4 Å². The monoisotopic (exact) mass is 291 g/mol. The molecule has 18 heavy (non-hydrogen) atoms. The quantitative estimate of drug-likeness (QED) is 0.574. The van der Waals surface area contributed by atoms with Crippen molar-refractivity contribution < 1.29 is 31.2 Å². The number of carbonyl (C=O) groups is 1. The van der Waals surface area contributed by atoms with Gasteiger partial charge in [0.05, 0.1) is 5.25 Å². The van der Waals surface area contributed by atoms with E-state index in [1.54, 1.807) is 0 Å². The lowest BCUT2D eigenvalue weighted by Gasteiger charge is -2.13. The van der Waals surface area contributed by atoms with Crippen LogP contribution >= 0.6 is 0 Å². The molecule has 0 heterocycles. The number of hydrogen-bond donors (Lipinski definition) is 1. The van der Waals surface area contributed by atoms with E-state index >= 15 is 0 Å². The molecule has 0 saturated carbocycles. The third-order valence-electron chi connectivity index (χ3n) is 2.23. The van der Waals surface area contributed by atoms with Crippen LogP contribution < -0.4 is 4.89 Å². The third kappa shape index (κ3) is 6.20. The molecule has 0 aromatic rings. The maximum absolute atomic E-state index is 11.8. The summed E-state index contributed by atoms with van der Waals surface area (Å²) in [6.07, 6.45) is -2.60. The van der Waals surface area contributed by atoms with Crippen molar-refractivity contribution in [3.8, 4) is 0 Å². The summed E-state index contributed by atoms with van der Waals surface area (Å²) in [7, 11) is -4.09. The number of halogens is 3. The van der Waals surface area contributed by atoms with Crippen molar-refractivity contribution in [2.75, 3.05) is 0 Å². The van der Waals surface area contributed by atoms with Crippen LogP contribution in [0.2, 0.25) is 0 Å². The van der Waals surface area contributed by atoms with Crippen molar-refractivity contribution in [2.24, 2.45) is 0 Å². The number of alkyl halides is 3. The number of carbonyl (C=O) groups excluding carboxylic acids is 1. The molecule has 0 aromatic heterocycles. The molecule has 0 fully saturated rings. The molecule has 0 aromatic carbocycles. The van der Waals surface area contributed by atoms with Crippen LogP contribution in [-0.4, -0.2) is 25.8 Å². The first-order chi connectivity index (χ1) is 8.11. The summed E-state index contributed by atoms with van der Waals surface area (Å²) in [5, 5.41) is -0.926. The van der Waals surface area contributed by atoms with Gasteiger partial charge < -0.3 is 4.84 Å². The van der Waals surface area contributed by atoms with Gasteiger partial charge in [-0.3, -0.25) is 0 Å². The second kappa shape index (κ2) is 6.93. The van der Waals surface area contributed by atoms with Crippen molar-refractivity contribution in [1.82, 2.24) is 4.89 Å². The van der Waals surface area contributed by atoms with E-state index in [2.05, 4.69) is 4.84 Å². The highest BCUT2D eigenvalue weighted by Crippen LogP contribution is 2.16. The largest absolute Gasteiger partial charge is 0.492 e. The van der Waals surface area contributed by atoms with Crippen LogP contribution in [0.5, 0.6) is 0 Å². The summed E-state index contributed by atoms with van der Waals surface area (Å²) in [5.41, 5.74) is 0. The van der Waals surface area contributed by atoms with Crippen molar-refractivity contribution in [1.29, 1.82) is 0 Å². The Hall–Kier alpha value is -0.830. The first kappa shape index (κ1) is 17.2. The second-order valence-electron chi connectivity index (χ2n) is 3.82. The van der Waals surface area contributed by atoms with E-state index in [4.69, 9.17) is 0 Å². The zero-order valence-electron chi connectivity index (χ0n) is 10.1. The van der Waals surface area contributed by atoms with Gasteiger partial charge in [-0.15, -0.1) is 0 Å². The number of hydrogen-bond acceptors (Lipinski definition) is 4. The van der Waals surface area contributed by atoms with E-state index in [0.717, 1.165) is 12.8 Å². The Kier molecular flexibility index (Phi) is 6.61. The Labute approximate surface area is 104 Å². The molecule has 0 amide bonds. The number of sulfonamides is 1. The van der Waals surface area contributed by atoms with E-state index in [9.17, 15) is 26.4 Å². The van der Waals surface area contributed by atoms with Gasteiger partial charge in [0.2, 0.25) is 10.0 Å². The van der Waals surface area contributed by atoms with Crippen molar-refractivity contribution in [3.63, 3.8) is 0 Å². The molecule has 9 heteroatoms. The molecule has 0 aliphatic carbocycles. The van der Waals surface area contributed by atoms with Gasteiger partial charge in [-0.1, -0.05) is 26.2 Å². The highest BCUT2D eigenvalue weighted by Gasteiger charge is 2.42.